The van der Waals surface area contributed by atoms with Crippen LogP contribution in [0.1, 0.15) is 63.6 Å². The molecule has 4 aromatic rings. The van der Waals surface area contributed by atoms with Crippen LogP contribution in [0.15, 0.2) is 131 Å². The molecule has 0 bridgehead atoms. The second-order valence-electron chi connectivity index (χ2n) is 12.9. The van der Waals surface area contributed by atoms with Gasteiger partial charge in [-0.2, -0.15) is 0 Å². The van der Waals surface area contributed by atoms with E-state index in [4.69, 9.17) is 11.6 Å². The van der Waals surface area contributed by atoms with E-state index in [2.05, 4.69) is 144 Å². The number of nitrogens with one attached hydrogen (secondary N) is 1. The van der Waals surface area contributed by atoms with Gasteiger partial charge in [-0.25, -0.2) is 0 Å². The van der Waals surface area contributed by atoms with Gasteiger partial charge in [0.05, 0.1) is 0 Å². The number of halogens is 1. The van der Waals surface area contributed by atoms with Crippen LogP contribution in [0.4, 0.5) is 5.69 Å². The molecule has 1 N–H and O–H groups in total. The Balaban J connectivity index is 1.28. The van der Waals surface area contributed by atoms with E-state index in [1.807, 2.05) is 0 Å². The Morgan fingerprint density at radius 3 is 2.31 bits per heavy atom. The lowest BCUT2D eigenvalue weighted by Gasteiger charge is -2.30. The summed E-state index contributed by atoms with van der Waals surface area (Å²) in [5.41, 5.74) is 9.52. The monoisotopic (exact) mass is 569 g/mol. The Morgan fingerprint density at radius 1 is 0.881 bits per heavy atom. The molecule has 42 heavy (non-hydrogen) atoms. The molecular formula is C40H40ClN. The first-order valence-electron chi connectivity index (χ1n) is 15.0. The maximum atomic E-state index is 7.07. The van der Waals surface area contributed by atoms with Gasteiger partial charge in [0, 0.05) is 27.2 Å². The van der Waals surface area contributed by atoms with Crippen LogP contribution >= 0.6 is 11.6 Å². The van der Waals surface area contributed by atoms with E-state index < -0.39 is 0 Å². The predicted molar refractivity (Wildman–Crippen MR) is 183 cm³/mol. The van der Waals surface area contributed by atoms with Crippen molar-refractivity contribution in [1.82, 2.24) is 0 Å². The zero-order valence-electron chi connectivity index (χ0n) is 25.4. The first-order valence-corrected chi connectivity index (χ1v) is 15.4. The van der Waals surface area contributed by atoms with Crippen LogP contribution in [0, 0.1) is 6.92 Å². The van der Waals surface area contributed by atoms with Crippen LogP contribution in [0.2, 0.25) is 0 Å². The molecule has 0 amide bonds. The predicted octanol–water partition coefficient (Wildman–Crippen LogP) is 11.6. The molecule has 212 valence electrons. The number of fused-ring (bicyclic) bond motifs is 4. The Labute approximate surface area is 256 Å². The van der Waals surface area contributed by atoms with E-state index in [1.54, 1.807) is 0 Å². The number of anilines is 1. The Kier molecular flexibility index (Phi) is 7.27. The van der Waals surface area contributed by atoms with Crippen molar-refractivity contribution in [2.75, 3.05) is 5.32 Å². The van der Waals surface area contributed by atoms with Gasteiger partial charge in [0.1, 0.15) is 0 Å². The lowest BCUT2D eigenvalue weighted by Crippen LogP contribution is -2.20. The number of hydrogen-bond donors (Lipinski definition) is 1. The van der Waals surface area contributed by atoms with Gasteiger partial charge in [-0.1, -0.05) is 131 Å². The van der Waals surface area contributed by atoms with E-state index in [9.17, 15) is 0 Å². The molecule has 0 aromatic heterocycles. The summed E-state index contributed by atoms with van der Waals surface area (Å²) < 4.78 is 0. The zero-order chi connectivity index (χ0) is 29.6. The van der Waals surface area contributed by atoms with Crippen molar-refractivity contribution in [2.24, 2.45) is 0 Å². The van der Waals surface area contributed by atoms with Crippen LogP contribution in [0.25, 0.3) is 21.5 Å². The molecule has 1 aliphatic heterocycles. The molecular weight excluding hydrogens is 530 g/mol. The van der Waals surface area contributed by atoms with Gasteiger partial charge < -0.3 is 5.32 Å². The van der Waals surface area contributed by atoms with E-state index in [0.29, 0.717) is 0 Å². The Morgan fingerprint density at radius 2 is 1.55 bits per heavy atom. The average Bonchev–Trinajstić information content (AvgIpc) is 3.25. The SMILES string of the molecule is C=C(/C=C/C1=C(Cl)C(=C/C=C2/Nc3ccc4ccccc4c3C2(C)C)/CCC1)C(C)(C)c1c(C)ccc2ccccc12. The normalized spacial score (nSPS) is 18.8. The van der Waals surface area contributed by atoms with Gasteiger partial charge in [-0.3, -0.25) is 0 Å². The van der Waals surface area contributed by atoms with Gasteiger partial charge in [-0.05, 0) is 93.3 Å². The highest BCUT2D eigenvalue weighted by atomic mass is 35.5. The standard InChI is InChI=1S/C40H40ClN/c1-26-18-20-28-12-7-9-16-32(28)36(26)39(3,4)27(2)19-21-30-14-11-15-31(38(30)41)23-25-35-40(5,6)37-33-17-10-8-13-29(33)22-24-34(37)42-35/h7-10,12-13,16-25,42H,2,11,14-15H2,1,3-6H3/b21-19+,31-23+,35-25+. The summed E-state index contributed by atoms with van der Waals surface area (Å²) in [6.07, 6.45) is 11.9. The fourth-order valence-electron chi connectivity index (χ4n) is 6.91. The molecule has 0 radical (unpaired) electrons. The Bertz CT molecular complexity index is 1860. The van der Waals surface area contributed by atoms with Crippen molar-refractivity contribution in [1.29, 1.82) is 0 Å². The first-order chi connectivity index (χ1) is 20.1. The second kappa shape index (κ2) is 10.8. The number of rotatable bonds is 5. The van der Waals surface area contributed by atoms with E-state index in [-0.39, 0.29) is 10.8 Å². The molecule has 0 fully saturated rings. The van der Waals surface area contributed by atoms with Crippen molar-refractivity contribution in [3.8, 4) is 0 Å². The Hall–Kier alpha value is -3.81. The van der Waals surface area contributed by atoms with Gasteiger partial charge in [0.15, 0.2) is 0 Å². The van der Waals surface area contributed by atoms with Crippen LogP contribution in [0.3, 0.4) is 0 Å². The highest BCUT2D eigenvalue weighted by molar-refractivity contribution is 6.32. The summed E-state index contributed by atoms with van der Waals surface area (Å²) in [6, 6.07) is 26.1. The van der Waals surface area contributed by atoms with Gasteiger partial charge in [-0.15, -0.1) is 0 Å². The minimum absolute atomic E-state index is 0.121. The third-order valence-corrected chi connectivity index (χ3v) is 9.94. The number of hydrogen-bond acceptors (Lipinski definition) is 1. The highest BCUT2D eigenvalue weighted by Gasteiger charge is 2.36. The maximum absolute atomic E-state index is 7.07. The van der Waals surface area contributed by atoms with E-state index in [0.717, 1.165) is 29.9 Å². The molecule has 0 unspecified atom stereocenters. The van der Waals surface area contributed by atoms with Crippen molar-refractivity contribution in [2.45, 2.75) is 64.7 Å². The highest BCUT2D eigenvalue weighted by Crippen LogP contribution is 2.47. The van der Waals surface area contributed by atoms with Crippen LogP contribution < -0.4 is 5.32 Å². The fraction of sp³-hybridized carbons (Fsp3) is 0.250. The molecule has 2 heteroatoms. The molecule has 0 atom stereocenters. The second-order valence-corrected chi connectivity index (χ2v) is 13.3. The van der Waals surface area contributed by atoms with Crippen molar-refractivity contribution >= 4 is 38.8 Å². The summed E-state index contributed by atoms with van der Waals surface area (Å²) in [6.45, 7) is 15.9. The zero-order valence-corrected chi connectivity index (χ0v) is 26.2. The topological polar surface area (TPSA) is 12.0 Å². The molecule has 1 aliphatic carbocycles. The van der Waals surface area contributed by atoms with Crippen LogP contribution in [-0.2, 0) is 10.8 Å². The van der Waals surface area contributed by atoms with E-state index in [1.165, 1.54) is 60.8 Å². The third kappa shape index (κ3) is 4.84. The molecule has 0 saturated heterocycles. The quantitative estimate of drug-likeness (QED) is 0.236. The minimum Gasteiger partial charge on any atom is -0.358 e. The summed E-state index contributed by atoms with van der Waals surface area (Å²) in [7, 11) is 0. The molecule has 0 saturated carbocycles. The maximum Gasteiger partial charge on any atom is 0.0469 e. The minimum atomic E-state index is -0.217. The molecule has 1 nitrogen and oxygen atoms in total. The van der Waals surface area contributed by atoms with Gasteiger partial charge >= 0.3 is 0 Å². The number of benzene rings is 4. The average molecular weight is 570 g/mol. The van der Waals surface area contributed by atoms with Crippen LogP contribution in [0.5, 0.6) is 0 Å². The smallest absolute Gasteiger partial charge is 0.0469 e. The van der Waals surface area contributed by atoms with Crippen LogP contribution in [-0.4, -0.2) is 0 Å². The largest absolute Gasteiger partial charge is 0.358 e. The van der Waals surface area contributed by atoms with Gasteiger partial charge in [0.25, 0.3) is 0 Å². The summed E-state index contributed by atoms with van der Waals surface area (Å²) in [5, 5.41) is 9.73. The number of allylic oxidation sites excluding steroid dienone is 9. The molecule has 4 aromatic carbocycles. The lowest BCUT2D eigenvalue weighted by molar-refractivity contribution is 0.643. The summed E-state index contributed by atoms with van der Waals surface area (Å²) >= 11 is 7.07. The third-order valence-electron chi connectivity index (χ3n) is 9.45. The van der Waals surface area contributed by atoms with Gasteiger partial charge in [0.2, 0.25) is 0 Å². The molecule has 1 heterocycles. The number of aryl methyl sites for hydroxylation is 1. The van der Waals surface area contributed by atoms with Crippen molar-refractivity contribution in [3.05, 3.63) is 148 Å². The van der Waals surface area contributed by atoms with Crippen molar-refractivity contribution < 1.29 is 0 Å². The fourth-order valence-corrected chi connectivity index (χ4v) is 7.22. The summed E-state index contributed by atoms with van der Waals surface area (Å²) in [5.74, 6) is 0. The molecule has 0 spiro atoms. The van der Waals surface area contributed by atoms with E-state index >= 15 is 0 Å². The summed E-state index contributed by atoms with van der Waals surface area (Å²) in [4.78, 5) is 0. The first kappa shape index (κ1) is 28.3. The molecule has 6 rings (SSSR count). The van der Waals surface area contributed by atoms with Crippen molar-refractivity contribution in [3.63, 3.8) is 0 Å². The molecule has 2 aliphatic rings. The lowest BCUT2D eigenvalue weighted by atomic mass is 9.74.